The highest BCUT2D eigenvalue weighted by Gasteiger charge is 2.28. The molecule has 0 unspecified atom stereocenters. The molecule has 26 heavy (non-hydrogen) atoms. The molecule has 0 spiro atoms. The van der Waals surface area contributed by atoms with Gasteiger partial charge in [0.1, 0.15) is 10.7 Å². The molecule has 3 aromatic heterocycles. The van der Waals surface area contributed by atoms with Crippen molar-refractivity contribution in [2.45, 2.75) is 32.6 Å². The van der Waals surface area contributed by atoms with Gasteiger partial charge in [-0.2, -0.15) is 0 Å². The van der Waals surface area contributed by atoms with E-state index >= 15 is 0 Å². The van der Waals surface area contributed by atoms with Crippen LogP contribution >= 0.6 is 22.7 Å². The minimum atomic E-state index is -0.128. The smallest absolute Gasteiger partial charge is 0.267 e. The molecule has 1 aliphatic carbocycles. The molecule has 130 valence electrons. The molecule has 4 aromatic rings. The maximum atomic E-state index is 12.8. The van der Waals surface area contributed by atoms with Crippen LogP contribution in [0.2, 0.25) is 0 Å². The Morgan fingerprint density at radius 2 is 1.92 bits per heavy atom. The molecule has 5 nitrogen and oxygen atoms in total. The van der Waals surface area contributed by atoms with Crippen LogP contribution in [0, 0.1) is 13.8 Å². The molecule has 1 saturated carbocycles. The number of carbonyl (C=O) groups is 1. The zero-order valence-electron chi connectivity index (χ0n) is 14.4. The van der Waals surface area contributed by atoms with Crippen LogP contribution in [0.15, 0.2) is 24.3 Å². The molecule has 1 aromatic carbocycles. The van der Waals surface area contributed by atoms with Crippen LogP contribution in [-0.2, 0) is 0 Å². The normalized spacial score (nSPS) is 14.2. The molecule has 0 aliphatic heterocycles. The summed E-state index contributed by atoms with van der Waals surface area (Å²) < 4.78 is 1.06. The van der Waals surface area contributed by atoms with Gasteiger partial charge in [0.25, 0.3) is 5.91 Å². The predicted molar refractivity (Wildman–Crippen MR) is 106 cm³/mol. The summed E-state index contributed by atoms with van der Waals surface area (Å²) in [6.07, 6.45) is 2.33. The lowest BCUT2D eigenvalue weighted by Crippen LogP contribution is -2.11. The number of carbonyl (C=O) groups excluding carboxylic acids is 1. The number of thiophene rings is 1. The standard InChI is InChI=1S/C19H16N4OS2/c1-9-14-10(2)20-16(11-7-8-11)22-18(14)26-15(9)17(24)23-19-21-12-5-3-4-6-13(12)25-19/h3-6,11H,7-8H2,1-2H3,(H,21,23,24). The van der Waals surface area contributed by atoms with Crippen molar-refractivity contribution in [1.29, 1.82) is 0 Å². The van der Waals surface area contributed by atoms with Crippen LogP contribution in [0.4, 0.5) is 5.13 Å². The van der Waals surface area contributed by atoms with Crippen LogP contribution in [0.1, 0.15) is 45.5 Å². The van der Waals surface area contributed by atoms with E-state index in [-0.39, 0.29) is 5.91 Å². The SMILES string of the molecule is Cc1nc(C2CC2)nc2sc(C(=O)Nc3nc4ccccc4s3)c(C)c12. The fraction of sp³-hybridized carbons (Fsp3) is 0.263. The van der Waals surface area contributed by atoms with Crippen molar-refractivity contribution < 1.29 is 4.79 Å². The third-order valence-corrected chi connectivity index (χ3v) is 6.79. The van der Waals surface area contributed by atoms with E-state index in [2.05, 4.69) is 15.3 Å². The van der Waals surface area contributed by atoms with Crippen molar-refractivity contribution in [1.82, 2.24) is 15.0 Å². The number of nitrogens with zero attached hydrogens (tertiary/aromatic N) is 3. The molecular weight excluding hydrogens is 364 g/mol. The Kier molecular flexibility index (Phi) is 3.55. The molecule has 3 heterocycles. The van der Waals surface area contributed by atoms with E-state index in [1.807, 2.05) is 38.1 Å². The first-order valence-electron chi connectivity index (χ1n) is 8.54. The zero-order valence-corrected chi connectivity index (χ0v) is 16.0. The molecule has 1 N–H and O–H groups in total. The van der Waals surface area contributed by atoms with Crippen LogP contribution in [-0.4, -0.2) is 20.9 Å². The Morgan fingerprint density at radius 1 is 1.12 bits per heavy atom. The van der Waals surface area contributed by atoms with Crippen LogP contribution in [0.3, 0.4) is 0 Å². The number of thiazole rings is 1. The minimum Gasteiger partial charge on any atom is -0.297 e. The van der Waals surface area contributed by atoms with Gasteiger partial charge in [-0.3, -0.25) is 10.1 Å². The van der Waals surface area contributed by atoms with E-state index in [0.29, 0.717) is 15.9 Å². The van der Waals surface area contributed by atoms with Gasteiger partial charge in [0.2, 0.25) is 0 Å². The highest BCUT2D eigenvalue weighted by atomic mass is 32.1. The lowest BCUT2D eigenvalue weighted by atomic mass is 10.1. The van der Waals surface area contributed by atoms with Crippen molar-refractivity contribution in [3.63, 3.8) is 0 Å². The lowest BCUT2D eigenvalue weighted by Gasteiger charge is -2.02. The number of hydrogen-bond donors (Lipinski definition) is 1. The molecular formula is C19H16N4OS2. The second-order valence-electron chi connectivity index (χ2n) is 6.62. The second-order valence-corrected chi connectivity index (χ2v) is 8.65. The lowest BCUT2D eigenvalue weighted by molar-refractivity contribution is 0.103. The number of fused-ring (bicyclic) bond motifs is 2. The zero-order chi connectivity index (χ0) is 17.8. The highest BCUT2D eigenvalue weighted by Crippen LogP contribution is 2.40. The van der Waals surface area contributed by atoms with Gasteiger partial charge in [0, 0.05) is 11.3 Å². The van der Waals surface area contributed by atoms with Gasteiger partial charge in [-0.1, -0.05) is 23.5 Å². The fourth-order valence-electron chi connectivity index (χ4n) is 3.18. The maximum absolute atomic E-state index is 12.8. The summed E-state index contributed by atoms with van der Waals surface area (Å²) in [5.74, 6) is 1.30. The largest absolute Gasteiger partial charge is 0.297 e. The molecule has 1 fully saturated rings. The Balaban J connectivity index is 1.52. The van der Waals surface area contributed by atoms with Crippen molar-refractivity contribution in [2.24, 2.45) is 0 Å². The van der Waals surface area contributed by atoms with Crippen LogP contribution in [0.25, 0.3) is 20.4 Å². The van der Waals surface area contributed by atoms with E-state index in [9.17, 15) is 4.79 Å². The van der Waals surface area contributed by atoms with Crippen molar-refractivity contribution in [3.8, 4) is 0 Å². The summed E-state index contributed by atoms with van der Waals surface area (Å²) in [6, 6.07) is 7.88. The quantitative estimate of drug-likeness (QED) is 0.540. The van der Waals surface area contributed by atoms with Crippen molar-refractivity contribution >= 4 is 54.1 Å². The maximum Gasteiger partial charge on any atom is 0.267 e. The van der Waals surface area contributed by atoms with E-state index in [0.717, 1.165) is 37.5 Å². The number of anilines is 1. The van der Waals surface area contributed by atoms with Gasteiger partial charge >= 0.3 is 0 Å². The topological polar surface area (TPSA) is 67.8 Å². The van der Waals surface area contributed by atoms with Crippen molar-refractivity contribution in [2.75, 3.05) is 5.32 Å². The average Bonchev–Trinajstić information content (AvgIpc) is 3.30. The van der Waals surface area contributed by atoms with E-state index < -0.39 is 0 Å². The minimum absolute atomic E-state index is 0.128. The molecule has 7 heteroatoms. The third kappa shape index (κ3) is 2.59. The number of aryl methyl sites for hydroxylation is 2. The van der Waals surface area contributed by atoms with Gasteiger partial charge < -0.3 is 0 Å². The van der Waals surface area contributed by atoms with Gasteiger partial charge in [-0.05, 0) is 44.4 Å². The Hall–Kier alpha value is -2.38. The summed E-state index contributed by atoms with van der Waals surface area (Å²) >= 11 is 2.93. The highest BCUT2D eigenvalue weighted by molar-refractivity contribution is 7.23. The van der Waals surface area contributed by atoms with Crippen LogP contribution in [0.5, 0.6) is 0 Å². The average molecular weight is 380 g/mol. The molecule has 0 radical (unpaired) electrons. The van der Waals surface area contributed by atoms with Crippen LogP contribution < -0.4 is 5.32 Å². The first kappa shape index (κ1) is 15.8. The first-order valence-corrected chi connectivity index (χ1v) is 10.2. The van der Waals surface area contributed by atoms with Gasteiger partial charge in [-0.15, -0.1) is 11.3 Å². The van der Waals surface area contributed by atoms with Crippen molar-refractivity contribution in [3.05, 3.63) is 46.2 Å². The Labute approximate surface area is 158 Å². The molecule has 1 amide bonds. The summed E-state index contributed by atoms with van der Waals surface area (Å²) in [7, 11) is 0. The summed E-state index contributed by atoms with van der Waals surface area (Å²) in [4.78, 5) is 28.3. The summed E-state index contributed by atoms with van der Waals surface area (Å²) in [5, 5.41) is 4.58. The number of para-hydroxylation sites is 1. The summed E-state index contributed by atoms with van der Waals surface area (Å²) in [5.41, 5.74) is 2.81. The van der Waals surface area contributed by atoms with Gasteiger partial charge in [0.15, 0.2) is 5.13 Å². The number of aromatic nitrogens is 3. The Bertz CT molecular complexity index is 1140. The molecule has 0 bridgehead atoms. The number of nitrogens with one attached hydrogen (secondary N) is 1. The van der Waals surface area contributed by atoms with Gasteiger partial charge in [0.05, 0.1) is 20.8 Å². The summed E-state index contributed by atoms with van der Waals surface area (Å²) in [6.45, 7) is 3.98. The number of amides is 1. The number of benzene rings is 1. The number of hydrogen-bond acceptors (Lipinski definition) is 6. The van der Waals surface area contributed by atoms with E-state index in [1.165, 1.54) is 35.5 Å². The molecule has 0 saturated heterocycles. The number of rotatable bonds is 3. The molecule has 5 rings (SSSR count). The fourth-order valence-corrected chi connectivity index (χ4v) is 5.18. The molecule has 1 aliphatic rings. The van der Waals surface area contributed by atoms with E-state index in [4.69, 9.17) is 4.98 Å². The second kappa shape index (κ2) is 5.82. The van der Waals surface area contributed by atoms with E-state index in [1.54, 1.807) is 0 Å². The Morgan fingerprint density at radius 3 is 2.69 bits per heavy atom. The predicted octanol–water partition coefficient (Wildman–Crippen LogP) is 5.05. The monoisotopic (exact) mass is 380 g/mol. The third-order valence-electron chi connectivity index (χ3n) is 4.65. The first-order chi connectivity index (χ1) is 12.6. The van der Waals surface area contributed by atoms with Gasteiger partial charge in [-0.25, -0.2) is 15.0 Å². The molecule has 0 atom stereocenters.